The molecule has 1 amide bonds. The number of fused-ring (bicyclic) bond motifs is 1. The van der Waals surface area contributed by atoms with E-state index in [1.54, 1.807) is 40.0 Å². The minimum absolute atomic E-state index is 0.249. The molecule has 9 heteroatoms. The van der Waals surface area contributed by atoms with Crippen molar-refractivity contribution < 1.29 is 14.3 Å². The third-order valence-corrected chi connectivity index (χ3v) is 4.81. The van der Waals surface area contributed by atoms with Crippen LogP contribution in [0.25, 0.3) is 0 Å². The van der Waals surface area contributed by atoms with Crippen molar-refractivity contribution in [1.29, 1.82) is 0 Å². The van der Waals surface area contributed by atoms with Crippen LogP contribution in [-0.2, 0) is 6.67 Å². The van der Waals surface area contributed by atoms with Gasteiger partial charge in [0.05, 0.1) is 34.5 Å². The Morgan fingerprint density at radius 1 is 1.26 bits per heavy atom. The van der Waals surface area contributed by atoms with Crippen LogP contribution in [0, 0.1) is 13.8 Å². The molecule has 1 aliphatic rings. The molecule has 3 aromatic rings. The molecule has 0 spiro atoms. The number of aryl methyl sites for hydroxylation is 1. The summed E-state index contributed by atoms with van der Waals surface area (Å²) in [5.74, 6) is 0.973. The average molecular weight is 388 g/mol. The molecule has 3 heterocycles. The van der Waals surface area contributed by atoms with Gasteiger partial charge in [-0.15, -0.1) is 0 Å². The van der Waals surface area contributed by atoms with Gasteiger partial charge in [0.15, 0.2) is 11.5 Å². The fraction of sp³-hybridized carbons (Fsp3) is 0.278. The van der Waals surface area contributed by atoms with Gasteiger partial charge in [0.25, 0.3) is 5.91 Å². The van der Waals surface area contributed by atoms with E-state index < -0.39 is 0 Å². The normalized spacial score (nSPS) is 12.9. The number of nitrogens with zero attached hydrogens (tertiary/aromatic N) is 4. The second kappa shape index (κ2) is 6.96. The maximum absolute atomic E-state index is 12.5. The highest BCUT2D eigenvalue weighted by atomic mass is 35.5. The van der Waals surface area contributed by atoms with Crippen LogP contribution in [-0.4, -0.2) is 38.7 Å². The van der Waals surface area contributed by atoms with Gasteiger partial charge in [0.1, 0.15) is 19.9 Å². The summed E-state index contributed by atoms with van der Waals surface area (Å²) in [6, 6.07) is 5.11. The number of aromatic nitrogens is 4. The van der Waals surface area contributed by atoms with Crippen molar-refractivity contribution in [2.75, 3.05) is 18.5 Å². The lowest BCUT2D eigenvalue weighted by atomic mass is 10.2. The molecule has 0 bridgehead atoms. The molecule has 4 rings (SSSR count). The third kappa shape index (κ3) is 3.48. The highest BCUT2D eigenvalue weighted by Crippen LogP contribution is 2.31. The van der Waals surface area contributed by atoms with E-state index in [4.69, 9.17) is 21.1 Å². The van der Waals surface area contributed by atoms with E-state index in [-0.39, 0.29) is 5.91 Å². The zero-order valence-corrected chi connectivity index (χ0v) is 15.7. The Kier molecular flexibility index (Phi) is 4.49. The van der Waals surface area contributed by atoms with Gasteiger partial charge in [-0.25, -0.2) is 9.36 Å². The van der Waals surface area contributed by atoms with Crippen molar-refractivity contribution in [1.82, 2.24) is 19.6 Å². The maximum atomic E-state index is 12.5. The lowest BCUT2D eigenvalue weighted by molar-refractivity contribution is 0.102. The van der Waals surface area contributed by atoms with Gasteiger partial charge in [-0.3, -0.25) is 4.79 Å². The number of carbonyl (C=O) groups is 1. The molecule has 1 N–H and O–H groups in total. The third-order valence-electron chi connectivity index (χ3n) is 4.27. The number of rotatable bonds is 4. The molecule has 0 unspecified atom stereocenters. The molecule has 0 fully saturated rings. The first-order chi connectivity index (χ1) is 13.0. The van der Waals surface area contributed by atoms with E-state index in [0.29, 0.717) is 47.7 Å². The Labute approximate surface area is 160 Å². The summed E-state index contributed by atoms with van der Waals surface area (Å²) >= 11 is 6.17. The molecule has 0 atom stereocenters. The summed E-state index contributed by atoms with van der Waals surface area (Å²) < 4.78 is 14.4. The average Bonchev–Trinajstić information content (AvgIpc) is 3.21. The Balaban J connectivity index is 1.46. The minimum Gasteiger partial charge on any atom is -0.486 e. The second-order valence-electron chi connectivity index (χ2n) is 6.21. The van der Waals surface area contributed by atoms with E-state index in [0.717, 1.165) is 11.4 Å². The summed E-state index contributed by atoms with van der Waals surface area (Å²) in [5.41, 5.74) is 2.71. The zero-order chi connectivity index (χ0) is 19.0. The molecule has 1 aliphatic heterocycles. The first kappa shape index (κ1) is 17.4. The number of amides is 1. The first-order valence-corrected chi connectivity index (χ1v) is 8.82. The highest BCUT2D eigenvalue weighted by molar-refractivity contribution is 6.31. The SMILES string of the molecule is Cc1nn(Cn2cc(NC(=O)c3ccc4c(c3)OCCO4)cn2)c(C)c1Cl. The van der Waals surface area contributed by atoms with Crippen molar-refractivity contribution >= 4 is 23.2 Å². The summed E-state index contributed by atoms with van der Waals surface area (Å²) in [7, 11) is 0. The molecule has 0 saturated heterocycles. The molecular weight excluding hydrogens is 370 g/mol. The largest absolute Gasteiger partial charge is 0.486 e. The van der Waals surface area contributed by atoms with Crippen molar-refractivity contribution in [3.63, 3.8) is 0 Å². The van der Waals surface area contributed by atoms with Gasteiger partial charge in [0, 0.05) is 5.56 Å². The molecular formula is C18H18ClN5O3. The summed E-state index contributed by atoms with van der Waals surface area (Å²) in [6.45, 7) is 5.14. The Hall–Kier alpha value is -3.00. The van der Waals surface area contributed by atoms with Crippen molar-refractivity contribution in [2.24, 2.45) is 0 Å². The monoisotopic (exact) mass is 387 g/mol. The van der Waals surface area contributed by atoms with Gasteiger partial charge in [-0.05, 0) is 32.0 Å². The van der Waals surface area contributed by atoms with Crippen molar-refractivity contribution in [3.8, 4) is 11.5 Å². The summed E-state index contributed by atoms with van der Waals surface area (Å²) in [4.78, 5) is 12.5. The summed E-state index contributed by atoms with van der Waals surface area (Å²) in [5, 5.41) is 12.1. The quantitative estimate of drug-likeness (QED) is 0.744. The van der Waals surface area contributed by atoms with Gasteiger partial charge in [0.2, 0.25) is 0 Å². The van der Waals surface area contributed by atoms with Gasteiger partial charge < -0.3 is 14.8 Å². The number of hydrogen-bond acceptors (Lipinski definition) is 5. The number of nitrogens with one attached hydrogen (secondary N) is 1. The summed E-state index contributed by atoms with van der Waals surface area (Å²) in [6.07, 6.45) is 3.32. The number of benzene rings is 1. The minimum atomic E-state index is -0.249. The van der Waals surface area contributed by atoms with Crippen LogP contribution in [0.3, 0.4) is 0 Å². The highest BCUT2D eigenvalue weighted by Gasteiger charge is 2.16. The number of ether oxygens (including phenoxy) is 2. The topological polar surface area (TPSA) is 83.2 Å². The van der Waals surface area contributed by atoms with E-state index >= 15 is 0 Å². The van der Waals surface area contributed by atoms with Crippen molar-refractivity contribution in [3.05, 3.63) is 52.6 Å². The number of carbonyl (C=O) groups excluding carboxylic acids is 1. The molecule has 0 saturated carbocycles. The van der Waals surface area contributed by atoms with Crippen LogP contribution in [0.2, 0.25) is 5.02 Å². The molecule has 1 aromatic carbocycles. The lowest BCUT2D eigenvalue weighted by Gasteiger charge is -2.18. The predicted octanol–water partition coefficient (Wildman–Crippen LogP) is 2.88. The van der Waals surface area contributed by atoms with Crippen LogP contribution < -0.4 is 14.8 Å². The van der Waals surface area contributed by atoms with Gasteiger partial charge in [-0.2, -0.15) is 10.2 Å². The molecule has 27 heavy (non-hydrogen) atoms. The lowest BCUT2D eigenvalue weighted by Crippen LogP contribution is -2.17. The Bertz CT molecular complexity index is 1010. The maximum Gasteiger partial charge on any atom is 0.255 e. The van der Waals surface area contributed by atoms with Crippen LogP contribution in [0.4, 0.5) is 5.69 Å². The number of halogens is 1. The first-order valence-electron chi connectivity index (χ1n) is 8.44. The van der Waals surface area contributed by atoms with Gasteiger partial charge >= 0.3 is 0 Å². The zero-order valence-electron chi connectivity index (χ0n) is 14.9. The molecule has 0 radical (unpaired) electrons. The predicted molar refractivity (Wildman–Crippen MR) is 99.7 cm³/mol. The Morgan fingerprint density at radius 2 is 2.04 bits per heavy atom. The Morgan fingerprint density at radius 3 is 2.78 bits per heavy atom. The fourth-order valence-electron chi connectivity index (χ4n) is 2.84. The van der Waals surface area contributed by atoms with Crippen LogP contribution in [0.15, 0.2) is 30.6 Å². The van der Waals surface area contributed by atoms with E-state index in [1.807, 2.05) is 13.8 Å². The second-order valence-corrected chi connectivity index (χ2v) is 6.58. The van der Waals surface area contributed by atoms with Crippen molar-refractivity contribution in [2.45, 2.75) is 20.5 Å². The van der Waals surface area contributed by atoms with Crippen LogP contribution >= 0.6 is 11.6 Å². The van der Waals surface area contributed by atoms with Crippen LogP contribution in [0.5, 0.6) is 11.5 Å². The van der Waals surface area contributed by atoms with Crippen LogP contribution in [0.1, 0.15) is 21.7 Å². The molecule has 2 aromatic heterocycles. The number of anilines is 1. The fourth-order valence-corrected chi connectivity index (χ4v) is 2.98. The molecule has 8 nitrogen and oxygen atoms in total. The molecule has 140 valence electrons. The standard InChI is InChI=1S/C18H18ClN5O3/c1-11-17(19)12(2)24(22-11)10-23-9-14(8-20-23)21-18(25)13-3-4-15-16(7-13)27-6-5-26-15/h3-4,7-9H,5-6,10H2,1-2H3,(H,21,25). The smallest absolute Gasteiger partial charge is 0.255 e. The molecule has 0 aliphatic carbocycles. The van der Waals surface area contributed by atoms with E-state index in [2.05, 4.69) is 15.5 Å². The van der Waals surface area contributed by atoms with E-state index in [9.17, 15) is 4.79 Å². The van der Waals surface area contributed by atoms with Gasteiger partial charge in [-0.1, -0.05) is 11.6 Å². The van der Waals surface area contributed by atoms with E-state index in [1.165, 1.54) is 0 Å². The number of hydrogen-bond donors (Lipinski definition) is 1.